The predicted molar refractivity (Wildman–Crippen MR) is 76.4 cm³/mol. The van der Waals surface area contributed by atoms with E-state index in [1.807, 2.05) is 19.1 Å². The SMILES string of the molecule is Cc1cccc(C(O)c2cc3cc(F)ccc3o2)c1Cl. The molecule has 1 N–H and O–H groups in total. The van der Waals surface area contributed by atoms with Crippen LogP contribution in [-0.2, 0) is 0 Å². The number of hydrogen-bond acceptors (Lipinski definition) is 2. The van der Waals surface area contributed by atoms with Gasteiger partial charge in [0.05, 0.1) is 0 Å². The molecule has 20 heavy (non-hydrogen) atoms. The van der Waals surface area contributed by atoms with Crippen LogP contribution < -0.4 is 0 Å². The van der Waals surface area contributed by atoms with Crippen LogP contribution in [0, 0.1) is 12.7 Å². The Kier molecular flexibility index (Phi) is 3.24. The lowest BCUT2D eigenvalue weighted by molar-refractivity contribution is 0.192. The molecule has 102 valence electrons. The zero-order valence-electron chi connectivity index (χ0n) is 10.7. The van der Waals surface area contributed by atoms with Crippen molar-refractivity contribution < 1.29 is 13.9 Å². The molecule has 1 aromatic heterocycles. The summed E-state index contributed by atoms with van der Waals surface area (Å²) in [7, 11) is 0. The van der Waals surface area contributed by atoms with E-state index in [1.165, 1.54) is 12.1 Å². The van der Waals surface area contributed by atoms with Crippen LogP contribution in [-0.4, -0.2) is 5.11 Å². The summed E-state index contributed by atoms with van der Waals surface area (Å²) in [5.74, 6) is 0.00558. The molecule has 3 rings (SSSR count). The summed E-state index contributed by atoms with van der Waals surface area (Å²) in [5, 5.41) is 11.5. The molecule has 1 unspecified atom stereocenters. The van der Waals surface area contributed by atoms with Crippen molar-refractivity contribution in [2.45, 2.75) is 13.0 Å². The average Bonchev–Trinajstić information content (AvgIpc) is 2.84. The minimum Gasteiger partial charge on any atom is -0.458 e. The fourth-order valence-electron chi connectivity index (χ4n) is 2.20. The maximum Gasteiger partial charge on any atom is 0.138 e. The second-order valence-corrected chi connectivity index (χ2v) is 5.09. The van der Waals surface area contributed by atoms with Gasteiger partial charge < -0.3 is 9.52 Å². The zero-order chi connectivity index (χ0) is 14.3. The average molecular weight is 291 g/mol. The summed E-state index contributed by atoms with van der Waals surface area (Å²) in [6, 6.07) is 11.3. The lowest BCUT2D eigenvalue weighted by Gasteiger charge is -2.11. The van der Waals surface area contributed by atoms with E-state index in [2.05, 4.69) is 0 Å². The number of hydrogen-bond donors (Lipinski definition) is 1. The number of fused-ring (bicyclic) bond motifs is 1. The summed E-state index contributed by atoms with van der Waals surface area (Å²) in [6.07, 6.45) is -0.974. The van der Waals surface area contributed by atoms with Gasteiger partial charge in [-0.25, -0.2) is 4.39 Å². The van der Waals surface area contributed by atoms with Crippen LogP contribution in [0.15, 0.2) is 46.9 Å². The first-order valence-electron chi connectivity index (χ1n) is 6.18. The number of aliphatic hydroxyl groups excluding tert-OH is 1. The highest BCUT2D eigenvalue weighted by atomic mass is 35.5. The van der Waals surface area contributed by atoms with E-state index in [-0.39, 0.29) is 5.82 Å². The maximum absolute atomic E-state index is 13.2. The highest BCUT2D eigenvalue weighted by Crippen LogP contribution is 2.33. The Morgan fingerprint density at radius 2 is 2.00 bits per heavy atom. The molecule has 2 nitrogen and oxygen atoms in total. The first-order valence-corrected chi connectivity index (χ1v) is 6.56. The normalized spacial score (nSPS) is 12.8. The first-order chi connectivity index (χ1) is 9.56. The van der Waals surface area contributed by atoms with E-state index in [4.69, 9.17) is 16.0 Å². The summed E-state index contributed by atoms with van der Waals surface area (Å²) < 4.78 is 18.7. The van der Waals surface area contributed by atoms with Crippen molar-refractivity contribution >= 4 is 22.6 Å². The van der Waals surface area contributed by atoms with Gasteiger partial charge in [-0.1, -0.05) is 29.8 Å². The third-order valence-electron chi connectivity index (χ3n) is 3.28. The quantitative estimate of drug-likeness (QED) is 0.747. The molecule has 0 aliphatic heterocycles. The second kappa shape index (κ2) is 4.93. The lowest BCUT2D eigenvalue weighted by atomic mass is 10.0. The summed E-state index contributed by atoms with van der Waals surface area (Å²) in [5.41, 5.74) is 1.99. The summed E-state index contributed by atoms with van der Waals surface area (Å²) in [6.45, 7) is 1.87. The van der Waals surface area contributed by atoms with Crippen LogP contribution in [0.3, 0.4) is 0 Å². The van der Waals surface area contributed by atoms with Crippen LogP contribution >= 0.6 is 11.6 Å². The number of halogens is 2. The van der Waals surface area contributed by atoms with Crippen LogP contribution in [0.25, 0.3) is 11.0 Å². The minimum atomic E-state index is -0.974. The molecule has 0 radical (unpaired) electrons. The largest absolute Gasteiger partial charge is 0.458 e. The zero-order valence-corrected chi connectivity index (χ0v) is 11.5. The van der Waals surface area contributed by atoms with E-state index in [0.717, 1.165) is 5.56 Å². The minimum absolute atomic E-state index is 0.340. The number of benzene rings is 2. The molecule has 2 aromatic carbocycles. The molecule has 0 aliphatic carbocycles. The van der Waals surface area contributed by atoms with Gasteiger partial charge in [0.25, 0.3) is 0 Å². The summed E-state index contributed by atoms with van der Waals surface area (Å²) in [4.78, 5) is 0. The standard InChI is InChI=1S/C16H12ClFO2/c1-9-3-2-4-12(15(9)17)16(19)14-8-10-7-11(18)5-6-13(10)20-14/h2-8,16,19H,1H3. The molecule has 0 bridgehead atoms. The lowest BCUT2D eigenvalue weighted by Crippen LogP contribution is -1.99. The Labute approximate surface area is 120 Å². The number of furan rings is 1. The van der Waals surface area contributed by atoms with Crippen molar-refractivity contribution in [3.05, 3.63) is 70.2 Å². The van der Waals surface area contributed by atoms with Gasteiger partial charge in [0.1, 0.15) is 23.3 Å². The van der Waals surface area contributed by atoms with Gasteiger partial charge in [-0.05, 0) is 36.8 Å². The van der Waals surface area contributed by atoms with Crippen molar-refractivity contribution in [2.75, 3.05) is 0 Å². The van der Waals surface area contributed by atoms with Crippen LogP contribution in [0.4, 0.5) is 4.39 Å². The fraction of sp³-hybridized carbons (Fsp3) is 0.125. The molecular weight excluding hydrogens is 279 g/mol. The maximum atomic E-state index is 13.2. The predicted octanol–water partition coefficient (Wildman–Crippen LogP) is 4.62. The van der Waals surface area contributed by atoms with E-state index in [9.17, 15) is 9.50 Å². The first kappa shape index (κ1) is 13.2. The topological polar surface area (TPSA) is 33.4 Å². The van der Waals surface area contributed by atoms with Gasteiger partial charge in [-0.2, -0.15) is 0 Å². The monoisotopic (exact) mass is 290 g/mol. The van der Waals surface area contributed by atoms with Gasteiger partial charge in [-0.15, -0.1) is 0 Å². The number of aliphatic hydroxyl groups is 1. The number of aryl methyl sites for hydroxylation is 1. The Morgan fingerprint density at radius 3 is 2.80 bits per heavy atom. The van der Waals surface area contributed by atoms with E-state index in [0.29, 0.717) is 27.3 Å². The third-order valence-corrected chi connectivity index (χ3v) is 3.80. The van der Waals surface area contributed by atoms with E-state index >= 15 is 0 Å². The molecule has 0 fully saturated rings. The smallest absolute Gasteiger partial charge is 0.138 e. The van der Waals surface area contributed by atoms with Crippen molar-refractivity contribution in [2.24, 2.45) is 0 Å². The molecule has 4 heteroatoms. The highest BCUT2D eigenvalue weighted by Gasteiger charge is 2.19. The molecular formula is C16H12ClFO2. The molecule has 0 saturated heterocycles. The second-order valence-electron chi connectivity index (χ2n) is 4.71. The molecule has 1 heterocycles. The van der Waals surface area contributed by atoms with Crippen molar-refractivity contribution in [3.8, 4) is 0 Å². The van der Waals surface area contributed by atoms with Crippen LogP contribution in [0.1, 0.15) is 23.0 Å². The Hall–Kier alpha value is -1.84. The van der Waals surface area contributed by atoms with Gasteiger partial charge in [0, 0.05) is 16.0 Å². The van der Waals surface area contributed by atoms with Crippen molar-refractivity contribution in [3.63, 3.8) is 0 Å². The highest BCUT2D eigenvalue weighted by molar-refractivity contribution is 6.32. The van der Waals surface area contributed by atoms with Gasteiger partial charge in [0.15, 0.2) is 0 Å². The molecule has 3 aromatic rings. The Balaban J connectivity index is 2.08. The molecule has 0 spiro atoms. The van der Waals surface area contributed by atoms with Crippen molar-refractivity contribution in [1.29, 1.82) is 0 Å². The molecule has 0 aliphatic rings. The Morgan fingerprint density at radius 1 is 1.20 bits per heavy atom. The summed E-state index contributed by atoms with van der Waals surface area (Å²) >= 11 is 6.20. The van der Waals surface area contributed by atoms with E-state index < -0.39 is 6.10 Å². The van der Waals surface area contributed by atoms with Gasteiger partial charge >= 0.3 is 0 Å². The molecule has 0 saturated carbocycles. The third kappa shape index (κ3) is 2.19. The fourth-order valence-corrected chi connectivity index (χ4v) is 2.43. The van der Waals surface area contributed by atoms with Crippen molar-refractivity contribution in [1.82, 2.24) is 0 Å². The van der Waals surface area contributed by atoms with Gasteiger partial charge in [-0.3, -0.25) is 0 Å². The van der Waals surface area contributed by atoms with Gasteiger partial charge in [0.2, 0.25) is 0 Å². The van der Waals surface area contributed by atoms with E-state index in [1.54, 1.807) is 18.2 Å². The Bertz CT molecular complexity index is 779. The van der Waals surface area contributed by atoms with Crippen LogP contribution in [0.2, 0.25) is 5.02 Å². The molecule has 0 amide bonds. The molecule has 1 atom stereocenters. The number of rotatable bonds is 2. The van der Waals surface area contributed by atoms with Crippen LogP contribution in [0.5, 0.6) is 0 Å².